The molecule has 1 aliphatic rings. The Bertz CT molecular complexity index is 421. The predicted octanol–water partition coefficient (Wildman–Crippen LogP) is 5.65. The Hall–Kier alpha value is -1.02. The zero-order chi connectivity index (χ0) is 14.0. The highest BCUT2D eigenvalue weighted by molar-refractivity contribution is 9.08. The first-order valence-electron chi connectivity index (χ1n) is 7.51. The molecule has 0 unspecified atom stereocenters. The van der Waals surface area contributed by atoms with E-state index in [1.54, 1.807) is 0 Å². The molecule has 0 atom stereocenters. The second-order valence-corrected chi connectivity index (χ2v) is 5.82. The topological polar surface area (TPSA) is 9.23 Å². The largest absolute Gasteiger partial charge is 0.494 e. The Kier molecular flexibility index (Phi) is 6.93. The second-order valence-electron chi connectivity index (χ2n) is 5.26. The molecular formula is C18H23BrO. The summed E-state index contributed by atoms with van der Waals surface area (Å²) in [6.07, 6.45) is 15.2. The highest BCUT2D eigenvalue weighted by Crippen LogP contribution is 2.18. The maximum atomic E-state index is 5.75. The Morgan fingerprint density at radius 3 is 2.30 bits per heavy atom. The maximum absolute atomic E-state index is 5.75. The lowest BCUT2D eigenvalue weighted by atomic mass is 10.0. The second kappa shape index (κ2) is 9.02. The van der Waals surface area contributed by atoms with Crippen LogP contribution in [-0.4, -0.2) is 6.61 Å². The molecule has 0 N–H and O–H groups in total. The summed E-state index contributed by atoms with van der Waals surface area (Å²) in [7, 11) is 0. The number of benzene rings is 1. The van der Waals surface area contributed by atoms with Crippen LogP contribution in [0.2, 0.25) is 0 Å². The molecule has 0 amide bonds. The van der Waals surface area contributed by atoms with Gasteiger partial charge in [0.15, 0.2) is 0 Å². The fourth-order valence-corrected chi connectivity index (χ4v) is 2.74. The van der Waals surface area contributed by atoms with Crippen LogP contribution in [0.25, 0.3) is 0 Å². The molecule has 2 heteroatoms. The van der Waals surface area contributed by atoms with Crippen molar-refractivity contribution < 1.29 is 4.74 Å². The molecule has 20 heavy (non-hydrogen) atoms. The number of allylic oxidation sites excluding steroid dienone is 4. The monoisotopic (exact) mass is 334 g/mol. The number of halogens is 1. The van der Waals surface area contributed by atoms with Crippen molar-refractivity contribution in [3.8, 4) is 5.75 Å². The van der Waals surface area contributed by atoms with Crippen molar-refractivity contribution in [2.24, 2.45) is 5.92 Å². The van der Waals surface area contributed by atoms with Crippen LogP contribution in [0.5, 0.6) is 5.75 Å². The van der Waals surface area contributed by atoms with Crippen molar-refractivity contribution in [1.82, 2.24) is 0 Å². The van der Waals surface area contributed by atoms with E-state index in [9.17, 15) is 0 Å². The molecule has 1 aliphatic carbocycles. The number of unbranched alkanes of at least 4 members (excludes halogenated alkanes) is 3. The maximum Gasteiger partial charge on any atom is 0.119 e. The van der Waals surface area contributed by atoms with Gasteiger partial charge in [-0.15, -0.1) is 0 Å². The fourth-order valence-electron chi connectivity index (χ4n) is 2.37. The number of hydrogen-bond acceptors (Lipinski definition) is 1. The molecule has 1 aromatic rings. The molecule has 2 rings (SSSR count). The van der Waals surface area contributed by atoms with Crippen molar-refractivity contribution in [2.75, 3.05) is 6.61 Å². The number of alkyl halides is 1. The van der Waals surface area contributed by atoms with Gasteiger partial charge in [0.1, 0.15) is 5.75 Å². The first kappa shape index (κ1) is 15.4. The molecule has 1 nitrogen and oxygen atoms in total. The van der Waals surface area contributed by atoms with Crippen molar-refractivity contribution >= 4 is 15.9 Å². The molecule has 0 saturated carbocycles. The zero-order valence-corrected chi connectivity index (χ0v) is 13.5. The van der Waals surface area contributed by atoms with Crippen LogP contribution in [0.15, 0.2) is 48.6 Å². The van der Waals surface area contributed by atoms with Gasteiger partial charge in [0.2, 0.25) is 0 Å². The minimum Gasteiger partial charge on any atom is -0.494 e. The van der Waals surface area contributed by atoms with Crippen LogP contribution in [-0.2, 0) is 5.33 Å². The van der Waals surface area contributed by atoms with E-state index in [0.717, 1.165) is 24.1 Å². The summed E-state index contributed by atoms with van der Waals surface area (Å²) in [6.45, 7) is 0.830. The third-order valence-electron chi connectivity index (χ3n) is 3.61. The van der Waals surface area contributed by atoms with E-state index in [0.29, 0.717) is 5.92 Å². The van der Waals surface area contributed by atoms with Crippen molar-refractivity contribution in [3.63, 3.8) is 0 Å². The van der Waals surface area contributed by atoms with Crippen LogP contribution in [0.1, 0.15) is 37.7 Å². The van der Waals surface area contributed by atoms with Gasteiger partial charge in [-0.25, -0.2) is 0 Å². The highest BCUT2D eigenvalue weighted by atomic mass is 79.9. The van der Waals surface area contributed by atoms with E-state index in [-0.39, 0.29) is 0 Å². The highest BCUT2D eigenvalue weighted by Gasteiger charge is 2.02. The number of hydrogen-bond donors (Lipinski definition) is 0. The molecule has 0 spiro atoms. The molecule has 0 saturated heterocycles. The lowest BCUT2D eigenvalue weighted by Crippen LogP contribution is -1.97. The quantitative estimate of drug-likeness (QED) is 0.418. The van der Waals surface area contributed by atoms with Gasteiger partial charge < -0.3 is 4.74 Å². The minimum atomic E-state index is 0.694. The lowest BCUT2D eigenvalue weighted by Gasteiger charge is -2.07. The smallest absolute Gasteiger partial charge is 0.119 e. The van der Waals surface area contributed by atoms with E-state index in [1.807, 2.05) is 0 Å². The van der Waals surface area contributed by atoms with Gasteiger partial charge in [-0.1, -0.05) is 71.6 Å². The Balaban J connectivity index is 1.48. The van der Waals surface area contributed by atoms with Gasteiger partial charge in [-0.2, -0.15) is 0 Å². The van der Waals surface area contributed by atoms with Gasteiger partial charge in [-0.05, 0) is 36.5 Å². The van der Waals surface area contributed by atoms with Gasteiger partial charge in [0.25, 0.3) is 0 Å². The average molecular weight is 335 g/mol. The van der Waals surface area contributed by atoms with Crippen LogP contribution in [0.3, 0.4) is 0 Å². The molecule has 0 radical (unpaired) electrons. The summed E-state index contributed by atoms with van der Waals surface area (Å²) < 4.78 is 5.75. The number of ether oxygens (including phenoxy) is 1. The molecule has 0 bridgehead atoms. The third-order valence-corrected chi connectivity index (χ3v) is 4.25. The van der Waals surface area contributed by atoms with Crippen molar-refractivity contribution in [2.45, 2.75) is 37.4 Å². The van der Waals surface area contributed by atoms with E-state index >= 15 is 0 Å². The van der Waals surface area contributed by atoms with Gasteiger partial charge >= 0.3 is 0 Å². The summed E-state index contributed by atoms with van der Waals surface area (Å²) in [5.74, 6) is 1.68. The van der Waals surface area contributed by atoms with Crippen LogP contribution >= 0.6 is 15.9 Å². The Morgan fingerprint density at radius 2 is 1.60 bits per heavy atom. The molecule has 1 aromatic carbocycles. The van der Waals surface area contributed by atoms with Crippen LogP contribution in [0.4, 0.5) is 0 Å². The van der Waals surface area contributed by atoms with Crippen molar-refractivity contribution in [1.29, 1.82) is 0 Å². The van der Waals surface area contributed by atoms with E-state index in [4.69, 9.17) is 4.74 Å². The third kappa shape index (κ3) is 5.54. The molecule has 0 fully saturated rings. The first-order chi connectivity index (χ1) is 9.88. The summed E-state index contributed by atoms with van der Waals surface area (Å²) in [5.41, 5.74) is 1.28. The minimum absolute atomic E-state index is 0.694. The van der Waals surface area contributed by atoms with Crippen molar-refractivity contribution in [3.05, 3.63) is 54.1 Å². The lowest BCUT2D eigenvalue weighted by molar-refractivity contribution is 0.304. The Labute approximate surface area is 130 Å². The molecule has 0 aliphatic heterocycles. The first-order valence-corrected chi connectivity index (χ1v) is 8.63. The summed E-state index contributed by atoms with van der Waals surface area (Å²) in [6, 6.07) is 8.31. The molecule has 108 valence electrons. The summed E-state index contributed by atoms with van der Waals surface area (Å²) in [4.78, 5) is 0. The summed E-state index contributed by atoms with van der Waals surface area (Å²) >= 11 is 3.45. The predicted molar refractivity (Wildman–Crippen MR) is 89.4 cm³/mol. The van der Waals surface area contributed by atoms with E-state index < -0.39 is 0 Å². The van der Waals surface area contributed by atoms with Crippen LogP contribution in [0, 0.1) is 5.92 Å². The van der Waals surface area contributed by atoms with Gasteiger partial charge in [0, 0.05) is 5.33 Å². The average Bonchev–Trinajstić information content (AvgIpc) is 3.00. The zero-order valence-electron chi connectivity index (χ0n) is 11.9. The van der Waals surface area contributed by atoms with E-state index in [2.05, 4.69) is 64.5 Å². The fraction of sp³-hybridized carbons (Fsp3) is 0.444. The summed E-state index contributed by atoms with van der Waals surface area (Å²) in [5, 5.41) is 0.901. The SMILES string of the molecule is BrCc1ccc(OCCCCCCC2C=CC=C2)cc1. The van der Waals surface area contributed by atoms with Crippen LogP contribution < -0.4 is 4.74 Å². The number of rotatable bonds is 9. The van der Waals surface area contributed by atoms with E-state index in [1.165, 1.54) is 31.2 Å². The molecule has 0 heterocycles. The normalized spacial score (nSPS) is 14.1. The van der Waals surface area contributed by atoms with Gasteiger partial charge in [0.05, 0.1) is 6.61 Å². The molecular weight excluding hydrogens is 312 g/mol. The molecule has 0 aromatic heterocycles. The standard InChI is InChI=1S/C18H23BrO/c19-15-17-10-12-18(13-11-17)20-14-6-2-1-3-7-16-8-4-5-9-16/h4-5,8-13,16H,1-3,6-7,14-15H2. The van der Waals surface area contributed by atoms with Gasteiger partial charge in [-0.3, -0.25) is 0 Å². The Morgan fingerprint density at radius 1 is 0.900 bits per heavy atom.